The number of amides is 1. The molecule has 3 rings (SSSR count). The van der Waals surface area contributed by atoms with Crippen molar-refractivity contribution in [2.24, 2.45) is 17.8 Å². The highest BCUT2D eigenvalue weighted by Crippen LogP contribution is 2.49. The number of nitrogens with zero attached hydrogens (tertiary/aromatic N) is 1. The van der Waals surface area contributed by atoms with Gasteiger partial charge in [-0.15, -0.1) is 0 Å². The number of rotatable bonds is 8. The Kier molecular flexibility index (Phi) is 6.11. The maximum atomic E-state index is 12.8. The van der Waals surface area contributed by atoms with Gasteiger partial charge in [0.1, 0.15) is 5.75 Å². The van der Waals surface area contributed by atoms with Crippen molar-refractivity contribution in [3.63, 3.8) is 0 Å². The zero-order valence-electron chi connectivity index (χ0n) is 16.4. The smallest absolute Gasteiger partial charge is 0.243 e. The van der Waals surface area contributed by atoms with Crippen LogP contribution in [0.5, 0.6) is 5.75 Å². The summed E-state index contributed by atoms with van der Waals surface area (Å²) in [6.45, 7) is 4.42. The lowest BCUT2D eigenvalue weighted by atomic mass is 9.86. The zero-order valence-corrected chi connectivity index (χ0v) is 17.2. The molecule has 0 spiro atoms. The Morgan fingerprint density at radius 1 is 1.22 bits per heavy atom. The topological polar surface area (TPSA) is 75.7 Å². The summed E-state index contributed by atoms with van der Waals surface area (Å²) >= 11 is 0. The van der Waals surface area contributed by atoms with Gasteiger partial charge in [0.05, 0.1) is 17.7 Å². The summed E-state index contributed by atoms with van der Waals surface area (Å²) in [6.07, 6.45) is 5.45. The monoisotopic (exact) mass is 394 g/mol. The van der Waals surface area contributed by atoms with Crippen LogP contribution >= 0.6 is 0 Å². The molecule has 0 heterocycles. The zero-order chi connectivity index (χ0) is 19.6. The molecule has 150 valence electrons. The normalized spacial score (nSPS) is 24.4. The molecule has 2 fully saturated rings. The molecule has 0 unspecified atom stereocenters. The van der Waals surface area contributed by atoms with Gasteiger partial charge in [-0.3, -0.25) is 4.79 Å². The summed E-state index contributed by atoms with van der Waals surface area (Å²) in [7, 11) is -2.07. The molecule has 1 N–H and O–H groups in total. The summed E-state index contributed by atoms with van der Waals surface area (Å²) in [5, 5.41) is 2.89. The largest absolute Gasteiger partial charge is 0.495 e. The van der Waals surface area contributed by atoms with Crippen LogP contribution in [0.4, 0.5) is 5.69 Å². The number of anilines is 1. The van der Waals surface area contributed by atoms with Gasteiger partial charge in [-0.2, -0.15) is 4.31 Å². The van der Waals surface area contributed by atoms with E-state index in [0.717, 1.165) is 12.3 Å². The summed E-state index contributed by atoms with van der Waals surface area (Å²) < 4.78 is 32.3. The number of nitrogens with one attached hydrogen (secondary N) is 1. The van der Waals surface area contributed by atoms with Gasteiger partial charge in [-0.1, -0.05) is 20.3 Å². The van der Waals surface area contributed by atoms with E-state index in [0.29, 0.717) is 42.8 Å². The highest BCUT2D eigenvalue weighted by Gasteiger charge is 2.40. The lowest BCUT2D eigenvalue weighted by Crippen LogP contribution is -2.30. The molecule has 0 saturated heterocycles. The highest BCUT2D eigenvalue weighted by atomic mass is 32.2. The molecule has 3 atom stereocenters. The van der Waals surface area contributed by atoms with Gasteiger partial charge in [0, 0.05) is 19.5 Å². The summed E-state index contributed by atoms with van der Waals surface area (Å²) in [5.74, 6) is 2.33. The van der Waals surface area contributed by atoms with Gasteiger partial charge in [0.2, 0.25) is 15.9 Å². The molecular formula is C20H30N2O4S. The predicted octanol–water partition coefficient (Wildman–Crippen LogP) is 3.49. The highest BCUT2D eigenvalue weighted by molar-refractivity contribution is 7.89. The first-order valence-corrected chi connectivity index (χ1v) is 11.3. The molecule has 27 heavy (non-hydrogen) atoms. The van der Waals surface area contributed by atoms with Crippen molar-refractivity contribution < 1.29 is 17.9 Å². The van der Waals surface area contributed by atoms with Gasteiger partial charge in [-0.25, -0.2) is 8.42 Å². The second-order valence-corrected chi connectivity index (χ2v) is 9.58. The van der Waals surface area contributed by atoms with Crippen LogP contribution in [0.15, 0.2) is 23.1 Å². The van der Waals surface area contributed by atoms with Crippen molar-refractivity contribution in [2.45, 2.75) is 50.8 Å². The van der Waals surface area contributed by atoms with Crippen LogP contribution in [0.2, 0.25) is 0 Å². The molecule has 2 aliphatic rings. The molecule has 0 radical (unpaired) electrons. The molecule has 1 aromatic carbocycles. The molecule has 7 heteroatoms. The number of methoxy groups -OCH3 is 1. The van der Waals surface area contributed by atoms with Crippen LogP contribution in [0.3, 0.4) is 0 Å². The molecule has 2 aliphatic carbocycles. The Labute approximate surface area is 162 Å². The molecule has 2 saturated carbocycles. The van der Waals surface area contributed by atoms with Crippen LogP contribution in [0, 0.1) is 17.8 Å². The number of carbonyl (C=O) groups is 1. The van der Waals surface area contributed by atoms with Crippen molar-refractivity contribution in [3.8, 4) is 5.75 Å². The van der Waals surface area contributed by atoms with Crippen molar-refractivity contribution in [1.82, 2.24) is 4.31 Å². The summed E-state index contributed by atoms with van der Waals surface area (Å²) in [6, 6.07) is 4.63. The van der Waals surface area contributed by atoms with E-state index in [1.807, 2.05) is 13.8 Å². The van der Waals surface area contributed by atoms with E-state index in [4.69, 9.17) is 4.74 Å². The molecule has 6 nitrogen and oxygen atoms in total. The van der Waals surface area contributed by atoms with Crippen molar-refractivity contribution in [2.75, 3.05) is 25.5 Å². The first kappa shape index (κ1) is 20.1. The fourth-order valence-corrected chi connectivity index (χ4v) is 6.21. The minimum absolute atomic E-state index is 0.0664. The summed E-state index contributed by atoms with van der Waals surface area (Å²) in [4.78, 5) is 12.8. The Hall–Kier alpha value is -1.60. The minimum Gasteiger partial charge on any atom is -0.495 e. The third kappa shape index (κ3) is 4.14. The maximum Gasteiger partial charge on any atom is 0.243 e. The summed E-state index contributed by atoms with van der Waals surface area (Å²) in [5.41, 5.74) is 0.416. The standard InChI is InChI=1S/C20H30N2O4S/c1-4-22(5-2)27(24,25)17-8-9-19(26-3)18(13-17)21-20(23)12-16-11-14-6-7-15(16)10-14/h8-9,13-16H,4-7,10-12H2,1-3H3,(H,21,23)/t14-,15+,16-/m0/s1. The van der Waals surface area contributed by atoms with Crippen molar-refractivity contribution in [3.05, 3.63) is 18.2 Å². The van der Waals surface area contributed by atoms with E-state index in [9.17, 15) is 13.2 Å². The molecule has 1 amide bonds. The van der Waals surface area contributed by atoms with E-state index in [1.165, 1.54) is 42.8 Å². The second-order valence-electron chi connectivity index (χ2n) is 7.64. The fraction of sp³-hybridized carbons (Fsp3) is 0.650. The van der Waals surface area contributed by atoms with Crippen molar-refractivity contribution in [1.29, 1.82) is 0 Å². The third-order valence-electron chi connectivity index (χ3n) is 6.12. The van der Waals surface area contributed by atoms with Gasteiger partial charge in [0.15, 0.2) is 0 Å². The van der Waals surface area contributed by atoms with Crippen molar-refractivity contribution >= 4 is 21.6 Å². The van der Waals surface area contributed by atoms with Gasteiger partial charge >= 0.3 is 0 Å². The first-order valence-electron chi connectivity index (χ1n) is 9.87. The fourth-order valence-electron chi connectivity index (χ4n) is 4.72. The second kappa shape index (κ2) is 8.19. The molecule has 2 bridgehead atoms. The lowest BCUT2D eigenvalue weighted by Gasteiger charge is -2.22. The SMILES string of the molecule is CCN(CC)S(=O)(=O)c1ccc(OC)c(NC(=O)C[C@@H]2C[C@H]3CC[C@@H]2C3)c1. The average Bonchev–Trinajstić information content (AvgIpc) is 3.25. The van der Waals surface area contributed by atoms with Crippen LogP contribution in [-0.4, -0.2) is 38.8 Å². The lowest BCUT2D eigenvalue weighted by molar-refractivity contribution is -0.117. The number of hydrogen-bond donors (Lipinski definition) is 1. The first-order chi connectivity index (χ1) is 12.9. The van der Waals surface area contributed by atoms with E-state index in [2.05, 4.69) is 5.32 Å². The predicted molar refractivity (Wildman–Crippen MR) is 105 cm³/mol. The molecular weight excluding hydrogens is 364 g/mol. The number of ether oxygens (including phenoxy) is 1. The number of carbonyl (C=O) groups excluding carboxylic acids is 1. The number of fused-ring (bicyclic) bond motifs is 2. The third-order valence-corrected chi connectivity index (χ3v) is 8.17. The minimum atomic E-state index is -3.59. The van der Waals surface area contributed by atoms with Gasteiger partial charge in [0.25, 0.3) is 0 Å². The molecule has 0 aliphatic heterocycles. The Morgan fingerprint density at radius 3 is 2.52 bits per heavy atom. The van der Waals surface area contributed by atoms with Crippen LogP contribution in [0.1, 0.15) is 46.0 Å². The van der Waals surface area contributed by atoms with E-state index in [-0.39, 0.29) is 10.8 Å². The molecule has 1 aromatic rings. The van der Waals surface area contributed by atoms with Gasteiger partial charge < -0.3 is 10.1 Å². The Bertz CT molecular complexity index is 789. The molecule has 0 aromatic heterocycles. The van der Waals surface area contributed by atoms with E-state index in [1.54, 1.807) is 6.07 Å². The average molecular weight is 395 g/mol. The number of sulfonamides is 1. The van der Waals surface area contributed by atoms with Crippen LogP contribution in [-0.2, 0) is 14.8 Å². The maximum absolute atomic E-state index is 12.8. The van der Waals surface area contributed by atoms with Gasteiger partial charge in [-0.05, 0) is 55.2 Å². The van der Waals surface area contributed by atoms with Crippen LogP contribution in [0.25, 0.3) is 0 Å². The van der Waals surface area contributed by atoms with E-state index < -0.39 is 10.0 Å². The number of benzene rings is 1. The van der Waals surface area contributed by atoms with E-state index >= 15 is 0 Å². The van der Waals surface area contributed by atoms with Crippen LogP contribution < -0.4 is 10.1 Å². The number of hydrogen-bond acceptors (Lipinski definition) is 4. The Balaban J connectivity index is 1.76. The quantitative estimate of drug-likeness (QED) is 0.732. The Morgan fingerprint density at radius 2 is 1.96 bits per heavy atom.